The number of rotatable bonds is 6. The molecule has 1 unspecified atom stereocenters. The minimum absolute atomic E-state index is 0.0397. The lowest BCUT2D eigenvalue weighted by molar-refractivity contribution is -0.144. The fourth-order valence-corrected chi connectivity index (χ4v) is 3.95. The zero-order valence-electron chi connectivity index (χ0n) is 17.5. The van der Waals surface area contributed by atoms with Gasteiger partial charge in [-0.1, -0.05) is 36.8 Å². The molecule has 1 fully saturated rings. The third-order valence-corrected chi connectivity index (χ3v) is 5.98. The number of nitrogens with zero attached hydrogens (tertiary/aromatic N) is 3. The van der Waals surface area contributed by atoms with Crippen LogP contribution in [0.5, 0.6) is 5.75 Å². The average Bonchev–Trinajstić information content (AvgIpc) is 3.19. The second kappa shape index (κ2) is 8.69. The SMILES string of the molecule is COc1ccc(C2=NN(C(=O)CN(C)C(=O)C3CCC3)C(c3ccccc3)C2)cc1. The van der Waals surface area contributed by atoms with E-state index in [0.717, 1.165) is 41.9 Å². The number of ether oxygens (including phenoxy) is 1. The predicted molar refractivity (Wildman–Crippen MR) is 115 cm³/mol. The van der Waals surface area contributed by atoms with Crippen LogP contribution in [-0.4, -0.2) is 48.1 Å². The van der Waals surface area contributed by atoms with Crippen molar-refractivity contribution in [1.82, 2.24) is 9.91 Å². The molecule has 0 aromatic heterocycles. The van der Waals surface area contributed by atoms with Gasteiger partial charge in [-0.2, -0.15) is 5.10 Å². The van der Waals surface area contributed by atoms with Crippen molar-refractivity contribution in [3.8, 4) is 5.75 Å². The topological polar surface area (TPSA) is 62.2 Å². The van der Waals surface area contributed by atoms with Gasteiger partial charge in [0.25, 0.3) is 5.91 Å². The first-order chi connectivity index (χ1) is 14.6. The number of hydrogen-bond donors (Lipinski definition) is 0. The minimum Gasteiger partial charge on any atom is -0.497 e. The lowest BCUT2D eigenvalue weighted by Crippen LogP contribution is -2.42. The molecule has 2 aromatic carbocycles. The maximum Gasteiger partial charge on any atom is 0.262 e. The van der Waals surface area contributed by atoms with E-state index in [4.69, 9.17) is 4.74 Å². The number of carbonyl (C=O) groups excluding carboxylic acids is 2. The van der Waals surface area contributed by atoms with E-state index in [9.17, 15) is 9.59 Å². The summed E-state index contributed by atoms with van der Waals surface area (Å²) >= 11 is 0. The van der Waals surface area contributed by atoms with Gasteiger partial charge in [-0.25, -0.2) is 5.01 Å². The Morgan fingerprint density at radius 1 is 1.10 bits per heavy atom. The number of carbonyl (C=O) groups is 2. The zero-order chi connectivity index (χ0) is 21.1. The van der Waals surface area contributed by atoms with Gasteiger partial charge in [-0.05, 0) is 48.2 Å². The Labute approximate surface area is 177 Å². The van der Waals surface area contributed by atoms with Crippen LogP contribution in [-0.2, 0) is 9.59 Å². The van der Waals surface area contributed by atoms with Gasteiger partial charge in [-0.3, -0.25) is 9.59 Å². The molecule has 0 saturated heterocycles. The maximum absolute atomic E-state index is 13.2. The first-order valence-corrected chi connectivity index (χ1v) is 10.4. The van der Waals surface area contributed by atoms with Gasteiger partial charge in [0, 0.05) is 19.4 Å². The molecule has 2 aromatic rings. The Kier molecular flexibility index (Phi) is 5.84. The highest BCUT2D eigenvalue weighted by atomic mass is 16.5. The van der Waals surface area contributed by atoms with E-state index in [1.807, 2.05) is 54.6 Å². The highest BCUT2D eigenvalue weighted by Gasteiger charge is 2.35. The monoisotopic (exact) mass is 405 g/mol. The summed E-state index contributed by atoms with van der Waals surface area (Å²) in [5.41, 5.74) is 2.85. The molecule has 2 aliphatic rings. The van der Waals surface area contributed by atoms with E-state index in [1.165, 1.54) is 0 Å². The van der Waals surface area contributed by atoms with Crippen LogP contribution in [0.2, 0.25) is 0 Å². The van der Waals surface area contributed by atoms with E-state index >= 15 is 0 Å². The molecule has 1 aliphatic carbocycles. The van der Waals surface area contributed by atoms with Gasteiger partial charge in [0.2, 0.25) is 5.91 Å². The molecule has 1 atom stereocenters. The average molecular weight is 405 g/mol. The highest BCUT2D eigenvalue weighted by molar-refractivity contribution is 6.03. The smallest absolute Gasteiger partial charge is 0.262 e. The molecule has 1 saturated carbocycles. The number of hydrogen-bond acceptors (Lipinski definition) is 4. The van der Waals surface area contributed by atoms with Crippen LogP contribution < -0.4 is 4.74 Å². The Balaban J connectivity index is 1.56. The number of amides is 2. The number of hydrazone groups is 1. The number of benzene rings is 2. The summed E-state index contributed by atoms with van der Waals surface area (Å²) in [5.74, 6) is 0.748. The fourth-order valence-electron chi connectivity index (χ4n) is 3.95. The van der Waals surface area contributed by atoms with Crippen LogP contribution in [0, 0.1) is 5.92 Å². The lowest BCUT2D eigenvalue weighted by Gasteiger charge is -2.30. The molecule has 0 spiro atoms. The standard InChI is InChI=1S/C24H27N3O3/c1-26(24(29)19-9-6-10-19)16-23(28)27-22(18-7-4-3-5-8-18)15-21(25-27)17-11-13-20(30-2)14-12-17/h3-5,7-8,11-14,19,22H,6,9-10,15-16H2,1-2H3. The summed E-state index contributed by atoms with van der Waals surface area (Å²) in [6, 6.07) is 17.5. The summed E-state index contributed by atoms with van der Waals surface area (Å²) in [5, 5.41) is 6.24. The van der Waals surface area contributed by atoms with Crippen molar-refractivity contribution in [2.24, 2.45) is 11.0 Å². The molecule has 6 nitrogen and oxygen atoms in total. The minimum atomic E-state index is -0.178. The van der Waals surface area contributed by atoms with Crippen LogP contribution >= 0.6 is 0 Å². The van der Waals surface area contributed by atoms with Crippen molar-refractivity contribution in [3.63, 3.8) is 0 Å². The van der Waals surface area contributed by atoms with Gasteiger partial charge in [0.15, 0.2) is 0 Å². The zero-order valence-corrected chi connectivity index (χ0v) is 17.5. The molecule has 1 heterocycles. The molecular formula is C24H27N3O3. The van der Waals surface area contributed by atoms with E-state index in [1.54, 1.807) is 24.1 Å². The van der Waals surface area contributed by atoms with Crippen molar-refractivity contribution in [3.05, 3.63) is 65.7 Å². The van der Waals surface area contributed by atoms with E-state index in [-0.39, 0.29) is 30.3 Å². The second-order valence-electron chi connectivity index (χ2n) is 7.97. The summed E-state index contributed by atoms with van der Waals surface area (Å²) in [4.78, 5) is 27.2. The van der Waals surface area contributed by atoms with E-state index < -0.39 is 0 Å². The molecule has 0 radical (unpaired) electrons. The van der Waals surface area contributed by atoms with Gasteiger partial charge in [0.05, 0.1) is 18.9 Å². The second-order valence-corrected chi connectivity index (χ2v) is 7.97. The molecule has 2 amide bonds. The Hall–Kier alpha value is -3.15. The largest absolute Gasteiger partial charge is 0.497 e. The first-order valence-electron chi connectivity index (χ1n) is 10.4. The van der Waals surface area contributed by atoms with Crippen molar-refractivity contribution in [2.75, 3.05) is 20.7 Å². The van der Waals surface area contributed by atoms with E-state index in [2.05, 4.69) is 5.10 Å². The first kappa shape index (κ1) is 20.1. The number of methoxy groups -OCH3 is 1. The van der Waals surface area contributed by atoms with Crippen LogP contribution in [0.15, 0.2) is 59.7 Å². The quantitative estimate of drug-likeness (QED) is 0.737. The van der Waals surface area contributed by atoms with E-state index in [0.29, 0.717) is 6.42 Å². The van der Waals surface area contributed by atoms with Crippen molar-refractivity contribution in [2.45, 2.75) is 31.7 Å². The molecule has 0 N–H and O–H groups in total. The summed E-state index contributed by atoms with van der Waals surface area (Å²) in [7, 11) is 3.34. The van der Waals surface area contributed by atoms with Gasteiger partial charge in [-0.15, -0.1) is 0 Å². The Bertz CT molecular complexity index is 936. The molecule has 6 heteroatoms. The third-order valence-electron chi connectivity index (χ3n) is 5.98. The highest BCUT2D eigenvalue weighted by Crippen LogP contribution is 2.33. The van der Waals surface area contributed by atoms with Crippen molar-refractivity contribution >= 4 is 17.5 Å². The lowest BCUT2D eigenvalue weighted by atomic mass is 9.84. The van der Waals surface area contributed by atoms with Crippen LogP contribution in [0.4, 0.5) is 0 Å². The normalized spacial score (nSPS) is 18.5. The third kappa shape index (κ3) is 4.08. The molecule has 0 bridgehead atoms. The summed E-state index contributed by atoms with van der Waals surface area (Å²) < 4.78 is 5.24. The Morgan fingerprint density at radius 3 is 2.40 bits per heavy atom. The Morgan fingerprint density at radius 2 is 1.80 bits per heavy atom. The summed E-state index contributed by atoms with van der Waals surface area (Å²) in [6.07, 6.45) is 3.57. The summed E-state index contributed by atoms with van der Waals surface area (Å²) in [6.45, 7) is 0.0397. The number of likely N-dealkylation sites (N-methyl/N-ethyl adjacent to an activating group) is 1. The van der Waals surface area contributed by atoms with Gasteiger partial charge in [0.1, 0.15) is 12.3 Å². The maximum atomic E-state index is 13.2. The molecule has 1 aliphatic heterocycles. The molecule has 4 rings (SSSR count). The fraction of sp³-hybridized carbons (Fsp3) is 0.375. The predicted octanol–water partition coefficient (Wildman–Crippen LogP) is 3.63. The van der Waals surface area contributed by atoms with Crippen LogP contribution in [0.1, 0.15) is 42.9 Å². The van der Waals surface area contributed by atoms with Crippen molar-refractivity contribution < 1.29 is 14.3 Å². The van der Waals surface area contributed by atoms with Crippen molar-refractivity contribution in [1.29, 1.82) is 0 Å². The van der Waals surface area contributed by atoms with Crippen LogP contribution in [0.3, 0.4) is 0 Å². The van der Waals surface area contributed by atoms with Gasteiger partial charge >= 0.3 is 0 Å². The van der Waals surface area contributed by atoms with Gasteiger partial charge < -0.3 is 9.64 Å². The molecule has 156 valence electrons. The van der Waals surface area contributed by atoms with Crippen LogP contribution in [0.25, 0.3) is 0 Å². The molecule has 30 heavy (non-hydrogen) atoms. The molecular weight excluding hydrogens is 378 g/mol.